The standard InChI is InChI=1S/C9H19OSi.3CH3.Sn/c1-7-8-10-11(5,6)9(2,3)4;;;;/h1,7H,8H2,2-6H3;3*1H3;. The second kappa shape index (κ2) is 5.36. The van der Waals surface area contributed by atoms with E-state index in [4.69, 9.17) is 4.43 Å². The number of hydrogen-bond donors (Lipinski definition) is 0. The van der Waals surface area contributed by atoms with E-state index in [2.05, 4.69) is 58.9 Å². The monoisotopic (exact) mass is 336 g/mol. The molecule has 0 heterocycles. The Labute approximate surface area is 101 Å². The molecule has 0 aliphatic heterocycles. The Morgan fingerprint density at radius 2 is 1.60 bits per heavy atom. The summed E-state index contributed by atoms with van der Waals surface area (Å²) in [7, 11) is -1.53. The van der Waals surface area contributed by atoms with Gasteiger partial charge in [-0.25, -0.2) is 0 Å². The Balaban J connectivity index is 4.13. The van der Waals surface area contributed by atoms with Crippen LogP contribution in [0.25, 0.3) is 0 Å². The van der Waals surface area contributed by atoms with Gasteiger partial charge in [-0.15, -0.1) is 0 Å². The van der Waals surface area contributed by atoms with Gasteiger partial charge in [0.05, 0.1) is 0 Å². The van der Waals surface area contributed by atoms with Crippen molar-refractivity contribution in [3.63, 3.8) is 0 Å². The zero-order valence-corrected chi connectivity index (χ0v) is 15.6. The van der Waals surface area contributed by atoms with Gasteiger partial charge in [0.1, 0.15) is 0 Å². The molecule has 0 saturated heterocycles. The molecule has 0 bridgehead atoms. The molecular formula is C12H28OSiSn. The molecule has 0 N–H and O–H groups in total. The first-order valence-electron chi connectivity index (χ1n) is 5.77. The van der Waals surface area contributed by atoms with Crippen LogP contribution < -0.4 is 0 Å². The van der Waals surface area contributed by atoms with Gasteiger partial charge in [0.25, 0.3) is 0 Å². The van der Waals surface area contributed by atoms with Crippen LogP contribution in [0.1, 0.15) is 20.8 Å². The summed E-state index contributed by atoms with van der Waals surface area (Å²) in [6, 6.07) is 0. The maximum atomic E-state index is 6.07. The molecule has 0 fully saturated rings. The average molecular weight is 335 g/mol. The summed E-state index contributed by atoms with van der Waals surface area (Å²) in [5.41, 5.74) is 0. The van der Waals surface area contributed by atoms with E-state index in [0.717, 1.165) is 6.61 Å². The summed E-state index contributed by atoms with van der Waals surface area (Å²) < 4.78 is 8.51. The van der Waals surface area contributed by atoms with Gasteiger partial charge in [0.15, 0.2) is 0 Å². The van der Waals surface area contributed by atoms with Crippen LogP contribution in [-0.4, -0.2) is 33.3 Å². The zero-order chi connectivity index (χ0) is 12.3. The van der Waals surface area contributed by atoms with Crippen LogP contribution in [0.3, 0.4) is 0 Å². The Morgan fingerprint density at radius 1 is 1.13 bits per heavy atom. The van der Waals surface area contributed by atoms with Crippen LogP contribution in [0.5, 0.6) is 0 Å². The Kier molecular flexibility index (Phi) is 5.62. The van der Waals surface area contributed by atoms with Gasteiger partial charge in [-0.1, -0.05) is 0 Å². The third kappa shape index (κ3) is 6.79. The van der Waals surface area contributed by atoms with Crippen molar-refractivity contribution in [3.05, 3.63) is 10.2 Å². The van der Waals surface area contributed by atoms with E-state index < -0.39 is 26.7 Å². The van der Waals surface area contributed by atoms with E-state index in [9.17, 15) is 0 Å². The maximum absolute atomic E-state index is 6.07. The van der Waals surface area contributed by atoms with Crippen molar-refractivity contribution in [2.75, 3.05) is 6.61 Å². The van der Waals surface area contributed by atoms with E-state index in [1.807, 2.05) is 0 Å². The molecule has 0 atom stereocenters. The van der Waals surface area contributed by atoms with Gasteiger partial charge >= 0.3 is 102 Å². The van der Waals surface area contributed by atoms with Crippen molar-refractivity contribution in [2.24, 2.45) is 0 Å². The second-order valence-electron chi connectivity index (χ2n) is 6.84. The molecule has 0 rings (SSSR count). The van der Waals surface area contributed by atoms with Crippen molar-refractivity contribution in [3.8, 4) is 0 Å². The average Bonchev–Trinajstić information content (AvgIpc) is 1.94. The molecule has 0 saturated carbocycles. The summed E-state index contributed by atoms with van der Waals surface area (Å²) >= 11 is -1.71. The summed E-state index contributed by atoms with van der Waals surface area (Å²) in [4.78, 5) is 7.24. The molecule has 0 aromatic carbocycles. The van der Waals surface area contributed by atoms with Crippen LogP contribution in [0, 0.1) is 0 Å². The Hall–Kier alpha value is 0.716. The Morgan fingerprint density at radius 3 is 1.93 bits per heavy atom. The van der Waals surface area contributed by atoms with Gasteiger partial charge in [-0.05, 0) is 0 Å². The predicted octanol–water partition coefficient (Wildman–Crippen LogP) is 4.44. The van der Waals surface area contributed by atoms with Crippen LogP contribution in [0.15, 0.2) is 10.2 Å². The van der Waals surface area contributed by atoms with Crippen LogP contribution in [0.4, 0.5) is 0 Å². The van der Waals surface area contributed by atoms with Gasteiger partial charge in [-0.2, -0.15) is 0 Å². The second-order valence-corrected chi connectivity index (χ2v) is 26.1. The first-order chi connectivity index (χ1) is 6.46. The van der Waals surface area contributed by atoms with Crippen LogP contribution >= 0.6 is 0 Å². The van der Waals surface area contributed by atoms with Crippen LogP contribution in [0.2, 0.25) is 33.0 Å². The molecule has 0 aromatic rings. The number of hydrogen-bond acceptors (Lipinski definition) is 1. The molecule has 0 amide bonds. The molecule has 3 heteroatoms. The quantitative estimate of drug-likeness (QED) is 0.690. The van der Waals surface area contributed by atoms with Gasteiger partial charge in [0, 0.05) is 0 Å². The van der Waals surface area contributed by atoms with Gasteiger partial charge in [0.2, 0.25) is 0 Å². The normalized spacial score (nSPS) is 14.9. The first kappa shape index (κ1) is 15.7. The summed E-state index contributed by atoms with van der Waals surface area (Å²) in [5.74, 6) is 0. The fourth-order valence-corrected chi connectivity index (χ4v) is 4.11. The molecule has 15 heavy (non-hydrogen) atoms. The molecule has 0 aromatic heterocycles. The minimum absolute atomic E-state index is 0.325. The van der Waals surface area contributed by atoms with E-state index in [1.165, 1.54) is 0 Å². The van der Waals surface area contributed by atoms with Crippen LogP contribution in [-0.2, 0) is 4.43 Å². The SMILES string of the molecule is CC(C)(C)[Si](C)(C)OCC=[CH][Sn]([CH3])([CH3])[CH3]. The van der Waals surface area contributed by atoms with Gasteiger partial charge in [-0.3, -0.25) is 0 Å². The molecule has 0 aliphatic carbocycles. The van der Waals surface area contributed by atoms with E-state index in [0.29, 0.717) is 5.04 Å². The van der Waals surface area contributed by atoms with Crippen molar-refractivity contribution in [1.29, 1.82) is 0 Å². The van der Waals surface area contributed by atoms with E-state index >= 15 is 0 Å². The molecule has 0 spiro atoms. The summed E-state index contributed by atoms with van der Waals surface area (Å²) in [6.45, 7) is 12.3. The third-order valence-corrected chi connectivity index (χ3v) is 11.0. The number of rotatable bonds is 4. The fraction of sp³-hybridized carbons (Fsp3) is 0.833. The minimum atomic E-state index is -1.71. The predicted molar refractivity (Wildman–Crippen MR) is 75.6 cm³/mol. The molecule has 0 aliphatic rings. The summed E-state index contributed by atoms with van der Waals surface area (Å²) in [5, 5.41) is 0.325. The van der Waals surface area contributed by atoms with Crippen molar-refractivity contribution in [1.82, 2.24) is 0 Å². The third-order valence-electron chi connectivity index (χ3n) is 2.96. The van der Waals surface area contributed by atoms with Crippen molar-refractivity contribution in [2.45, 2.75) is 53.7 Å². The zero-order valence-electron chi connectivity index (χ0n) is 11.8. The van der Waals surface area contributed by atoms with Gasteiger partial charge < -0.3 is 0 Å². The molecule has 1 nitrogen and oxygen atoms in total. The van der Waals surface area contributed by atoms with E-state index in [1.54, 1.807) is 0 Å². The molecule has 0 radical (unpaired) electrons. The Bertz CT molecular complexity index is 221. The molecule has 0 unspecified atom stereocenters. The molecule has 90 valence electrons. The topological polar surface area (TPSA) is 9.23 Å². The van der Waals surface area contributed by atoms with Crippen molar-refractivity contribution < 1.29 is 4.43 Å². The van der Waals surface area contributed by atoms with Crippen molar-refractivity contribution >= 4 is 26.7 Å². The first-order valence-corrected chi connectivity index (χ1v) is 18.9. The molecular weight excluding hydrogens is 307 g/mol. The summed E-state index contributed by atoms with van der Waals surface area (Å²) in [6.07, 6.45) is 2.25. The fourth-order valence-electron chi connectivity index (χ4n) is 0.875. The van der Waals surface area contributed by atoms with E-state index in [-0.39, 0.29) is 0 Å².